The van der Waals surface area contributed by atoms with Gasteiger partial charge in [0.2, 0.25) is 0 Å². The van der Waals surface area contributed by atoms with Gasteiger partial charge >= 0.3 is 0 Å². The van der Waals surface area contributed by atoms with Crippen molar-refractivity contribution in [1.82, 2.24) is 39.2 Å². The number of halogens is 2. The van der Waals surface area contributed by atoms with Crippen molar-refractivity contribution in [2.24, 2.45) is 23.7 Å². The van der Waals surface area contributed by atoms with E-state index in [2.05, 4.69) is 152 Å². The zero-order chi connectivity index (χ0) is 53.4. The molecule has 424 valence electrons. The molecular formula is C60H124F2N8O. The van der Waals surface area contributed by atoms with E-state index in [0.717, 1.165) is 72.6 Å². The van der Waals surface area contributed by atoms with Crippen molar-refractivity contribution in [2.45, 2.75) is 255 Å². The molecule has 1 saturated carbocycles. The lowest BCUT2D eigenvalue weighted by Gasteiger charge is -2.30. The topological polar surface area (TPSA) is 35.2 Å². The fraction of sp³-hybridized carbons (Fsp3) is 1.00. The van der Waals surface area contributed by atoms with Crippen molar-refractivity contribution < 1.29 is 13.5 Å². The normalized spacial score (nSPS) is 29.2. The summed E-state index contributed by atoms with van der Waals surface area (Å²) in [6.45, 7) is 51.8. The number of rotatable bonds is 8. The van der Waals surface area contributed by atoms with Gasteiger partial charge in [-0.05, 0) is 244 Å². The Kier molecular flexibility index (Phi) is 32.9. The molecule has 11 heteroatoms. The van der Waals surface area contributed by atoms with E-state index in [4.69, 9.17) is 4.74 Å². The summed E-state index contributed by atoms with van der Waals surface area (Å²) in [7, 11) is 6.52. The maximum Gasteiger partial charge on any atom is 0.261 e. The molecule has 6 atom stereocenters. The van der Waals surface area contributed by atoms with Gasteiger partial charge in [-0.3, -0.25) is 14.7 Å². The summed E-state index contributed by atoms with van der Waals surface area (Å²) in [6, 6.07) is 5.81. The molecule has 0 aromatic heterocycles. The Bertz CT molecular complexity index is 1240. The highest BCUT2D eigenvalue weighted by molar-refractivity contribution is 4.93. The van der Waals surface area contributed by atoms with Crippen LogP contribution >= 0.6 is 0 Å². The van der Waals surface area contributed by atoms with E-state index in [9.17, 15) is 8.78 Å². The van der Waals surface area contributed by atoms with E-state index in [1.54, 1.807) is 4.90 Å². The predicted molar refractivity (Wildman–Crippen MR) is 306 cm³/mol. The molecule has 2 bridgehead atoms. The number of hydrogen-bond donors (Lipinski definition) is 0. The number of likely N-dealkylation sites (tertiary alicyclic amines) is 7. The van der Waals surface area contributed by atoms with Gasteiger partial charge in [0.1, 0.15) is 0 Å². The molecule has 0 aromatic rings. The molecule has 0 aromatic carbocycles. The van der Waals surface area contributed by atoms with Gasteiger partial charge in [0.25, 0.3) is 5.92 Å². The van der Waals surface area contributed by atoms with Crippen molar-refractivity contribution in [3.8, 4) is 0 Å². The minimum atomic E-state index is -2.43. The minimum Gasteiger partial charge on any atom is -0.378 e. The third kappa shape index (κ3) is 27.4. The number of likely N-dealkylation sites (N-methyl/N-ethyl adjacent to an activating group) is 1. The standard InChI is InChI=1S/C9H20N2.C9H17N.2C8H17N.C7H13F2N.C7H15N.C7H14O.C5H11N/c1-8(2)11-6-5-9(7-11)10(3)4;1-7(2)10-6-8-3-4-9(10)5-8;2*1-7(2)9-5-4-8(3)6-9;1-6(2)10-4-3-7(8,9)5-10;1-7(2)8-5-3-4-6-8;1-6(2)7-4-3-5-8-7;1-6-4-2-3-5-6/h8-9H,5-7H2,1-4H3;7-9H,3-6H2,1-2H3;2*7-8H,4-6H2,1-3H3;6H,3-5H2,1-2H3;7H,3-6H2,1-2H3;6-7H,3-5H2,1-2H3;2-5H2,1H3. The van der Waals surface area contributed by atoms with Crippen LogP contribution in [0.4, 0.5) is 8.78 Å². The summed E-state index contributed by atoms with van der Waals surface area (Å²) in [5.74, 6) is 1.23. The SMILES string of the molecule is CC(C)C1CCCO1.CC(C)N1CC2CCC1C2.CC(C)N1CCC(F)(F)C1.CC(C)N1CCC(N(C)C)C1.CC(C)N1CCCC1.CC1CCN(C(C)C)C1.CC1CCN(C(C)C)C1.CN1CCCC1. The largest absolute Gasteiger partial charge is 0.378 e. The van der Waals surface area contributed by atoms with Gasteiger partial charge in [-0.25, -0.2) is 8.78 Å². The zero-order valence-electron chi connectivity index (χ0n) is 50.8. The molecule has 0 N–H and O–H groups in total. The molecule has 6 unspecified atom stereocenters. The predicted octanol–water partition coefficient (Wildman–Crippen LogP) is 12.1. The Morgan fingerprint density at radius 2 is 0.972 bits per heavy atom. The second-order valence-electron chi connectivity index (χ2n) is 25.9. The average molecular weight is 1010 g/mol. The van der Waals surface area contributed by atoms with Crippen molar-refractivity contribution >= 4 is 0 Å². The fourth-order valence-corrected chi connectivity index (χ4v) is 11.6. The van der Waals surface area contributed by atoms with Crippen LogP contribution < -0.4 is 0 Å². The van der Waals surface area contributed by atoms with E-state index in [1.807, 2.05) is 13.8 Å². The molecule has 71 heavy (non-hydrogen) atoms. The summed E-state index contributed by atoms with van der Waals surface area (Å²) in [5.41, 5.74) is 0. The Labute approximate surface area is 442 Å². The van der Waals surface area contributed by atoms with E-state index in [1.165, 1.54) is 149 Å². The maximum absolute atomic E-state index is 12.5. The summed E-state index contributed by atoms with van der Waals surface area (Å²) in [5, 5.41) is 0. The van der Waals surface area contributed by atoms with Crippen LogP contribution in [0.2, 0.25) is 0 Å². The number of fused-ring (bicyclic) bond motifs is 2. The molecule has 9 rings (SSSR count). The van der Waals surface area contributed by atoms with Gasteiger partial charge in [0.15, 0.2) is 0 Å². The number of ether oxygens (including phenoxy) is 1. The number of piperidine rings is 1. The first-order valence-corrected chi connectivity index (χ1v) is 30.1. The monoisotopic (exact) mass is 1010 g/mol. The molecule has 8 heterocycles. The van der Waals surface area contributed by atoms with Crippen molar-refractivity contribution in [1.29, 1.82) is 0 Å². The van der Waals surface area contributed by atoms with E-state index < -0.39 is 5.92 Å². The molecule has 9 fully saturated rings. The minimum absolute atomic E-state index is 0.0329. The van der Waals surface area contributed by atoms with Crippen molar-refractivity contribution in [2.75, 3.05) is 113 Å². The van der Waals surface area contributed by atoms with Gasteiger partial charge in [-0.15, -0.1) is 0 Å². The molecule has 9 aliphatic rings. The van der Waals surface area contributed by atoms with Gasteiger partial charge in [0, 0.05) is 101 Å². The van der Waals surface area contributed by atoms with Crippen LogP contribution in [0.5, 0.6) is 0 Å². The Hall–Kier alpha value is -0.500. The fourth-order valence-electron chi connectivity index (χ4n) is 11.6. The lowest BCUT2D eigenvalue weighted by Crippen LogP contribution is -2.37. The third-order valence-electron chi connectivity index (χ3n) is 17.0. The summed E-state index contributed by atoms with van der Waals surface area (Å²) < 4.78 is 30.4. The van der Waals surface area contributed by atoms with E-state index >= 15 is 0 Å². The van der Waals surface area contributed by atoms with Gasteiger partial charge in [-0.2, -0.15) is 0 Å². The number of alkyl halides is 2. The van der Waals surface area contributed by atoms with Crippen LogP contribution in [0.25, 0.3) is 0 Å². The molecule has 9 nitrogen and oxygen atoms in total. The van der Waals surface area contributed by atoms with Crippen LogP contribution in [0, 0.1) is 23.7 Å². The highest BCUT2D eigenvalue weighted by Crippen LogP contribution is 2.38. The smallest absolute Gasteiger partial charge is 0.261 e. The van der Waals surface area contributed by atoms with Crippen molar-refractivity contribution in [3.63, 3.8) is 0 Å². The Balaban J connectivity index is 0.000000279. The highest BCUT2D eigenvalue weighted by atomic mass is 19.3. The first kappa shape index (κ1) is 66.6. The van der Waals surface area contributed by atoms with Crippen LogP contribution in [0.1, 0.15) is 194 Å². The summed E-state index contributed by atoms with van der Waals surface area (Å²) in [6.07, 6.45) is 17.4. The van der Waals surface area contributed by atoms with Crippen LogP contribution in [-0.2, 0) is 4.74 Å². The Morgan fingerprint density at radius 1 is 0.493 bits per heavy atom. The van der Waals surface area contributed by atoms with E-state index in [0.29, 0.717) is 12.6 Å². The molecule has 8 saturated heterocycles. The first-order valence-electron chi connectivity index (χ1n) is 30.1. The zero-order valence-corrected chi connectivity index (χ0v) is 50.8. The van der Waals surface area contributed by atoms with E-state index in [-0.39, 0.29) is 19.0 Å². The van der Waals surface area contributed by atoms with Gasteiger partial charge < -0.3 is 29.2 Å². The molecule has 0 spiro atoms. The average Bonchev–Trinajstić information content (AvgIpc) is 4.16. The lowest BCUT2D eigenvalue weighted by molar-refractivity contribution is 0.00920. The maximum atomic E-state index is 12.5. The highest BCUT2D eigenvalue weighted by Gasteiger charge is 2.39. The lowest BCUT2D eigenvalue weighted by atomic mass is 10.1. The molecule has 1 aliphatic carbocycles. The second-order valence-corrected chi connectivity index (χ2v) is 25.9. The molecule has 0 amide bonds. The molecular weight excluding hydrogens is 887 g/mol. The summed E-state index contributed by atoms with van der Waals surface area (Å²) >= 11 is 0. The van der Waals surface area contributed by atoms with Crippen LogP contribution in [0.15, 0.2) is 0 Å². The van der Waals surface area contributed by atoms with Gasteiger partial charge in [0.05, 0.1) is 12.6 Å². The first-order chi connectivity index (χ1) is 33.3. The quantitative estimate of drug-likeness (QED) is 0.236. The van der Waals surface area contributed by atoms with Crippen LogP contribution in [-0.4, -0.2) is 212 Å². The Morgan fingerprint density at radius 3 is 1.18 bits per heavy atom. The summed E-state index contributed by atoms with van der Waals surface area (Å²) in [4.78, 5) is 19.3. The van der Waals surface area contributed by atoms with Crippen molar-refractivity contribution in [3.05, 3.63) is 0 Å². The molecule has 0 radical (unpaired) electrons. The van der Waals surface area contributed by atoms with Crippen LogP contribution in [0.3, 0.4) is 0 Å². The molecule has 8 aliphatic heterocycles. The third-order valence-corrected chi connectivity index (χ3v) is 17.0. The number of nitrogens with zero attached hydrogens (tertiary/aromatic N) is 8. The number of hydrogen-bond acceptors (Lipinski definition) is 9. The van der Waals surface area contributed by atoms with Gasteiger partial charge in [-0.1, -0.05) is 27.7 Å². The second kappa shape index (κ2) is 35.0.